The van der Waals surface area contributed by atoms with Gasteiger partial charge in [0.25, 0.3) is 0 Å². The summed E-state index contributed by atoms with van der Waals surface area (Å²) in [7, 11) is 0. The minimum absolute atomic E-state index is 0.0190. The van der Waals surface area contributed by atoms with Crippen molar-refractivity contribution in [3.05, 3.63) is 34.9 Å². The maximum Gasteiger partial charge on any atom is 0.163 e. The van der Waals surface area contributed by atoms with Crippen LogP contribution in [0.25, 0.3) is 0 Å². The van der Waals surface area contributed by atoms with E-state index in [1.165, 1.54) is 0 Å². The molecule has 0 radical (unpaired) electrons. The number of carbonyl (C=O) groups excluding carboxylic acids is 1. The molecule has 0 amide bonds. The van der Waals surface area contributed by atoms with Crippen LogP contribution < -0.4 is 0 Å². The van der Waals surface area contributed by atoms with Crippen LogP contribution in [0.3, 0.4) is 0 Å². The van der Waals surface area contributed by atoms with E-state index in [2.05, 4.69) is 15.9 Å². The Bertz CT molecular complexity index is 334. The van der Waals surface area contributed by atoms with E-state index in [1.54, 1.807) is 6.07 Å². The summed E-state index contributed by atoms with van der Waals surface area (Å²) < 4.78 is 0. The number of alkyl halides is 1. The van der Waals surface area contributed by atoms with E-state index in [9.17, 15) is 4.79 Å². The van der Waals surface area contributed by atoms with Crippen LogP contribution in [0.1, 0.15) is 27.9 Å². The van der Waals surface area contributed by atoms with Crippen LogP contribution in [-0.2, 0) is 6.61 Å². The van der Waals surface area contributed by atoms with Crippen molar-refractivity contribution in [3.63, 3.8) is 0 Å². The van der Waals surface area contributed by atoms with Gasteiger partial charge in [0.2, 0.25) is 0 Å². The van der Waals surface area contributed by atoms with E-state index in [-0.39, 0.29) is 12.4 Å². The lowest BCUT2D eigenvalue weighted by atomic mass is 10.0. The van der Waals surface area contributed by atoms with E-state index in [0.29, 0.717) is 11.8 Å². The van der Waals surface area contributed by atoms with Gasteiger partial charge >= 0.3 is 0 Å². The standard InChI is InChI=1S/C11H13BrO2/c1-8-2-3-9(7-13)6-10(8)11(14)4-5-12/h2-3,6,13H,4-5,7H2,1H3. The molecule has 0 aliphatic heterocycles. The second-order valence-corrected chi connectivity index (χ2v) is 3.96. The molecule has 76 valence electrons. The van der Waals surface area contributed by atoms with Crippen LogP contribution in [-0.4, -0.2) is 16.2 Å². The molecule has 1 N–H and O–H groups in total. The number of aliphatic hydroxyl groups is 1. The van der Waals surface area contributed by atoms with Gasteiger partial charge in [0.15, 0.2) is 5.78 Å². The number of halogens is 1. The Morgan fingerprint density at radius 1 is 1.50 bits per heavy atom. The summed E-state index contributed by atoms with van der Waals surface area (Å²) in [5.41, 5.74) is 2.47. The van der Waals surface area contributed by atoms with Gasteiger partial charge in [-0.3, -0.25) is 4.79 Å². The van der Waals surface area contributed by atoms with Crippen molar-refractivity contribution < 1.29 is 9.90 Å². The molecule has 0 unspecified atom stereocenters. The third kappa shape index (κ3) is 2.66. The second-order valence-electron chi connectivity index (χ2n) is 3.17. The normalized spacial score (nSPS) is 10.2. The number of aryl methyl sites for hydroxylation is 1. The molecule has 3 heteroatoms. The first-order valence-corrected chi connectivity index (χ1v) is 5.60. The van der Waals surface area contributed by atoms with E-state index in [4.69, 9.17) is 5.11 Å². The van der Waals surface area contributed by atoms with Crippen LogP contribution in [0.2, 0.25) is 0 Å². The lowest BCUT2D eigenvalue weighted by Gasteiger charge is -2.05. The number of ketones is 1. The molecule has 0 heterocycles. The smallest absolute Gasteiger partial charge is 0.163 e. The van der Waals surface area contributed by atoms with Gasteiger partial charge in [0, 0.05) is 17.3 Å². The van der Waals surface area contributed by atoms with E-state index < -0.39 is 0 Å². The molecule has 0 aliphatic carbocycles. The molecule has 0 saturated heterocycles. The summed E-state index contributed by atoms with van der Waals surface area (Å²) in [6.07, 6.45) is 0.496. The number of hydrogen-bond acceptors (Lipinski definition) is 2. The largest absolute Gasteiger partial charge is 0.392 e. The molecular weight excluding hydrogens is 244 g/mol. The van der Waals surface area contributed by atoms with Crippen molar-refractivity contribution in [2.24, 2.45) is 0 Å². The highest BCUT2D eigenvalue weighted by Crippen LogP contribution is 2.14. The van der Waals surface area contributed by atoms with Gasteiger partial charge in [-0.2, -0.15) is 0 Å². The lowest BCUT2D eigenvalue weighted by Crippen LogP contribution is -2.03. The maximum absolute atomic E-state index is 11.6. The zero-order valence-corrected chi connectivity index (χ0v) is 9.67. The zero-order chi connectivity index (χ0) is 10.6. The third-order valence-corrected chi connectivity index (χ3v) is 2.50. The fourth-order valence-corrected chi connectivity index (χ4v) is 1.65. The number of benzene rings is 1. The molecule has 1 rings (SSSR count). The van der Waals surface area contributed by atoms with Crippen LogP contribution in [0.5, 0.6) is 0 Å². The number of hydrogen-bond donors (Lipinski definition) is 1. The molecule has 0 aliphatic rings. The van der Waals surface area contributed by atoms with Gasteiger partial charge < -0.3 is 5.11 Å². The molecule has 14 heavy (non-hydrogen) atoms. The molecule has 0 spiro atoms. The van der Waals surface area contributed by atoms with Crippen molar-refractivity contribution in [3.8, 4) is 0 Å². The van der Waals surface area contributed by atoms with Crippen molar-refractivity contribution in [1.82, 2.24) is 0 Å². The number of Topliss-reactive ketones (excluding diaryl/α,β-unsaturated/α-hetero) is 1. The van der Waals surface area contributed by atoms with Gasteiger partial charge in [-0.05, 0) is 24.1 Å². The van der Waals surface area contributed by atoms with Gasteiger partial charge in [-0.25, -0.2) is 0 Å². The minimum atomic E-state index is -0.0190. The summed E-state index contributed by atoms with van der Waals surface area (Å²) in [5.74, 6) is 0.120. The first-order valence-electron chi connectivity index (χ1n) is 4.48. The maximum atomic E-state index is 11.6. The SMILES string of the molecule is Cc1ccc(CO)cc1C(=O)CCBr. The van der Waals surface area contributed by atoms with E-state index in [1.807, 2.05) is 19.1 Å². The molecule has 0 fully saturated rings. The highest BCUT2D eigenvalue weighted by molar-refractivity contribution is 9.09. The first-order chi connectivity index (χ1) is 6.69. The number of carbonyl (C=O) groups is 1. The Morgan fingerprint density at radius 3 is 2.79 bits per heavy atom. The topological polar surface area (TPSA) is 37.3 Å². The van der Waals surface area contributed by atoms with Crippen molar-refractivity contribution >= 4 is 21.7 Å². The Labute approximate surface area is 92.1 Å². The highest BCUT2D eigenvalue weighted by Gasteiger charge is 2.08. The van der Waals surface area contributed by atoms with Gasteiger partial charge in [0.05, 0.1) is 6.61 Å². The zero-order valence-electron chi connectivity index (χ0n) is 8.09. The summed E-state index contributed by atoms with van der Waals surface area (Å²) in [4.78, 5) is 11.6. The second kappa shape index (κ2) is 5.27. The fourth-order valence-electron chi connectivity index (χ4n) is 1.29. The Morgan fingerprint density at radius 2 is 2.21 bits per heavy atom. The van der Waals surface area contributed by atoms with Gasteiger partial charge in [-0.1, -0.05) is 28.1 Å². The molecule has 0 saturated carbocycles. The summed E-state index contributed by atoms with van der Waals surface area (Å²) in [6.45, 7) is 1.89. The Hall–Kier alpha value is -0.670. The van der Waals surface area contributed by atoms with Crippen molar-refractivity contribution in [2.75, 3.05) is 5.33 Å². The lowest BCUT2D eigenvalue weighted by molar-refractivity contribution is 0.0989. The van der Waals surface area contributed by atoms with E-state index in [0.717, 1.165) is 16.7 Å². The number of aliphatic hydroxyl groups excluding tert-OH is 1. The first kappa shape index (κ1) is 11.4. The quantitative estimate of drug-likeness (QED) is 0.664. The molecule has 1 aromatic carbocycles. The number of rotatable bonds is 4. The Kier molecular flexibility index (Phi) is 4.29. The predicted octanol–water partition coefficient (Wildman–Crippen LogP) is 2.46. The highest BCUT2D eigenvalue weighted by atomic mass is 79.9. The van der Waals surface area contributed by atoms with Gasteiger partial charge in [0.1, 0.15) is 0 Å². The molecule has 2 nitrogen and oxygen atoms in total. The molecule has 0 bridgehead atoms. The summed E-state index contributed by atoms with van der Waals surface area (Å²) in [5, 5.41) is 9.62. The minimum Gasteiger partial charge on any atom is -0.392 e. The van der Waals surface area contributed by atoms with Crippen LogP contribution in [0.15, 0.2) is 18.2 Å². The van der Waals surface area contributed by atoms with Crippen LogP contribution in [0, 0.1) is 6.92 Å². The van der Waals surface area contributed by atoms with E-state index >= 15 is 0 Å². The summed E-state index contributed by atoms with van der Waals surface area (Å²) in [6, 6.07) is 5.47. The average Bonchev–Trinajstić information content (AvgIpc) is 2.19. The van der Waals surface area contributed by atoms with Gasteiger partial charge in [-0.15, -0.1) is 0 Å². The molecule has 1 aromatic rings. The van der Waals surface area contributed by atoms with Crippen molar-refractivity contribution in [1.29, 1.82) is 0 Å². The fraction of sp³-hybridized carbons (Fsp3) is 0.364. The monoisotopic (exact) mass is 256 g/mol. The summed E-state index contributed by atoms with van der Waals surface area (Å²) >= 11 is 3.24. The van der Waals surface area contributed by atoms with Crippen molar-refractivity contribution in [2.45, 2.75) is 20.0 Å². The molecular formula is C11H13BrO2. The molecule has 0 aromatic heterocycles. The van der Waals surface area contributed by atoms with Crippen LogP contribution in [0.4, 0.5) is 0 Å². The third-order valence-electron chi connectivity index (χ3n) is 2.11. The average molecular weight is 257 g/mol. The molecule has 0 atom stereocenters. The predicted molar refractivity (Wildman–Crippen MR) is 59.8 cm³/mol. The Balaban J connectivity index is 2.99. The van der Waals surface area contributed by atoms with Crippen LogP contribution >= 0.6 is 15.9 Å².